The van der Waals surface area contributed by atoms with Gasteiger partial charge in [-0.2, -0.15) is 0 Å². The van der Waals surface area contributed by atoms with Gasteiger partial charge in [-0.3, -0.25) is 14.5 Å². The first-order valence-electron chi connectivity index (χ1n) is 8.69. The van der Waals surface area contributed by atoms with Crippen molar-refractivity contribution in [2.45, 2.75) is 19.3 Å². The molecule has 0 spiro atoms. The van der Waals surface area contributed by atoms with Crippen molar-refractivity contribution < 1.29 is 14.3 Å². The maximum atomic E-state index is 12.7. The van der Waals surface area contributed by atoms with Crippen molar-refractivity contribution in [1.29, 1.82) is 0 Å². The Labute approximate surface area is 148 Å². The summed E-state index contributed by atoms with van der Waals surface area (Å²) in [4.78, 5) is 27.4. The molecule has 1 fully saturated rings. The summed E-state index contributed by atoms with van der Waals surface area (Å²) in [6.45, 7) is 2.40. The van der Waals surface area contributed by atoms with Crippen LogP contribution in [0.5, 0.6) is 5.75 Å². The van der Waals surface area contributed by atoms with E-state index >= 15 is 0 Å². The van der Waals surface area contributed by atoms with E-state index in [2.05, 4.69) is 4.90 Å². The highest BCUT2D eigenvalue weighted by atomic mass is 16.5. The van der Waals surface area contributed by atoms with Crippen LogP contribution in [0.15, 0.2) is 36.5 Å². The van der Waals surface area contributed by atoms with Crippen molar-refractivity contribution in [1.82, 2.24) is 9.47 Å². The molecule has 3 rings (SSSR count). The van der Waals surface area contributed by atoms with E-state index in [1.807, 2.05) is 0 Å². The average molecular weight is 340 g/mol. The van der Waals surface area contributed by atoms with E-state index < -0.39 is 0 Å². The number of aryl methyl sites for hydroxylation is 1. The molecule has 0 amide bonds. The van der Waals surface area contributed by atoms with Crippen molar-refractivity contribution in [3.05, 3.63) is 53.3 Å². The highest BCUT2D eigenvalue weighted by Gasteiger charge is 2.20. The van der Waals surface area contributed by atoms with E-state index in [-0.39, 0.29) is 11.6 Å². The van der Waals surface area contributed by atoms with Crippen molar-refractivity contribution in [2.75, 3.05) is 26.7 Å². The first-order chi connectivity index (χ1) is 12.1. The number of likely N-dealkylation sites (tertiary alicyclic amines) is 1. The molecule has 5 nitrogen and oxygen atoms in total. The van der Waals surface area contributed by atoms with Crippen LogP contribution in [0.2, 0.25) is 0 Å². The molecule has 1 aliphatic rings. The van der Waals surface area contributed by atoms with Gasteiger partial charge in [0.15, 0.2) is 5.78 Å². The normalized spacial score (nSPS) is 15.1. The minimum atomic E-state index is -0.0952. The third kappa shape index (κ3) is 3.99. The predicted molar refractivity (Wildman–Crippen MR) is 96.5 cm³/mol. The summed E-state index contributed by atoms with van der Waals surface area (Å²) in [6, 6.07) is 8.71. The Balaban J connectivity index is 1.74. The van der Waals surface area contributed by atoms with Gasteiger partial charge in [0.2, 0.25) is 5.78 Å². The van der Waals surface area contributed by atoms with Crippen LogP contribution in [-0.2, 0) is 7.05 Å². The van der Waals surface area contributed by atoms with Crippen molar-refractivity contribution >= 4 is 11.6 Å². The Morgan fingerprint density at radius 2 is 1.72 bits per heavy atom. The van der Waals surface area contributed by atoms with Crippen LogP contribution >= 0.6 is 0 Å². The molecule has 0 unspecified atom stereocenters. The van der Waals surface area contributed by atoms with Crippen LogP contribution < -0.4 is 4.74 Å². The molecule has 0 atom stereocenters. The Morgan fingerprint density at radius 1 is 1.04 bits per heavy atom. The number of carbonyl (C=O) groups excluding carboxylic acids is 2. The zero-order valence-electron chi connectivity index (χ0n) is 14.8. The van der Waals surface area contributed by atoms with Gasteiger partial charge in [0, 0.05) is 24.4 Å². The highest BCUT2D eigenvalue weighted by molar-refractivity contribution is 6.10. The van der Waals surface area contributed by atoms with E-state index in [9.17, 15) is 9.59 Å². The third-order valence-corrected chi connectivity index (χ3v) is 4.73. The van der Waals surface area contributed by atoms with Gasteiger partial charge in [-0.05, 0) is 56.3 Å². The molecule has 2 heterocycles. The lowest BCUT2D eigenvalue weighted by molar-refractivity contribution is 0.0915. The molecule has 0 bridgehead atoms. The number of ketones is 2. The fraction of sp³-hybridized carbons (Fsp3) is 0.400. The van der Waals surface area contributed by atoms with Gasteiger partial charge in [0.05, 0.1) is 19.3 Å². The largest absolute Gasteiger partial charge is 0.497 e. The van der Waals surface area contributed by atoms with Crippen LogP contribution in [-0.4, -0.2) is 47.8 Å². The maximum Gasteiger partial charge on any atom is 0.209 e. The fourth-order valence-electron chi connectivity index (χ4n) is 3.24. The lowest BCUT2D eigenvalue weighted by Gasteiger charge is -2.25. The van der Waals surface area contributed by atoms with Crippen molar-refractivity contribution in [2.24, 2.45) is 7.05 Å². The first-order valence-corrected chi connectivity index (χ1v) is 8.69. The first kappa shape index (κ1) is 17.4. The Kier molecular flexibility index (Phi) is 5.34. The predicted octanol–water partition coefficient (Wildman–Crippen LogP) is 2.93. The number of rotatable bonds is 6. The molecule has 0 aliphatic carbocycles. The van der Waals surface area contributed by atoms with Crippen LogP contribution in [0, 0.1) is 0 Å². The summed E-state index contributed by atoms with van der Waals surface area (Å²) in [6.07, 6.45) is 5.31. The monoisotopic (exact) mass is 340 g/mol. The summed E-state index contributed by atoms with van der Waals surface area (Å²) in [5.41, 5.74) is 1.70. The topological polar surface area (TPSA) is 51.5 Å². The molecule has 132 valence electrons. The van der Waals surface area contributed by atoms with Crippen LogP contribution in [0.1, 0.15) is 45.7 Å². The minimum absolute atomic E-state index is 0.0753. The number of Topliss-reactive ketones (excluding diaryl/α,β-unsaturated/α-hetero) is 1. The molecule has 1 aromatic carbocycles. The average Bonchev–Trinajstić information content (AvgIpc) is 3.04. The van der Waals surface area contributed by atoms with Gasteiger partial charge < -0.3 is 9.30 Å². The van der Waals surface area contributed by atoms with E-state index in [1.54, 1.807) is 55.3 Å². The molecule has 25 heavy (non-hydrogen) atoms. The van der Waals surface area contributed by atoms with Gasteiger partial charge in [-0.15, -0.1) is 0 Å². The smallest absolute Gasteiger partial charge is 0.209 e. The van der Waals surface area contributed by atoms with E-state index in [1.165, 1.54) is 6.42 Å². The summed E-state index contributed by atoms with van der Waals surface area (Å²) in [5, 5.41) is 0. The SMILES string of the molecule is COc1ccc(C(=O)c2cc(C(=O)CN3CCCCC3)cn2C)cc1. The Hall–Kier alpha value is -2.40. The lowest BCUT2D eigenvalue weighted by atomic mass is 10.1. The zero-order valence-corrected chi connectivity index (χ0v) is 14.8. The van der Waals surface area contributed by atoms with Crippen molar-refractivity contribution in [3.8, 4) is 5.75 Å². The van der Waals surface area contributed by atoms with Crippen LogP contribution in [0.25, 0.3) is 0 Å². The summed E-state index contributed by atoms with van der Waals surface area (Å²) < 4.78 is 6.85. The van der Waals surface area contributed by atoms with Crippen molar-refractivity contribution in [3.63, 3.8) is 0 Å². The molecular formula is C20H24N2O3. The van der Waals surface area contributed by atoms with Crippen LogP contribution in [0.4, 0.5) is 0 Å². The highest BCUT2D eigenvalue weighted by Crippen LogP contribution is 2.18. The molecule has 0 radical (unpaired) electrons. The molecule has 1 saturated heterocycles. The number of carbonyl (C=O) groups is 2. The van der Waals surface area contributed by atoms with Crippen LogP contribution in [0.3, 0.4) is 0 Å². The Morgan fingerprint density at radius 3 is 2.36 bits per heavy atom. The van der Waals surface area contributed by atoms with Gasteiger partial charge >= 0.3 is 0 Å². The second kappa shape index (κ2) is 7.66. The van der Waals surface area contributed by atoms with E-state index in [0.717, 1.165) is 25.9 Å². The molecule has 1 aromatic heterocycles. The van der Waals surface area contributed by atoms with Gasteiger partial charge in [-0.1, -0.05) is 6.42 Å². The summed E-state index contributed by atoms with van der Waals surface area (Å²) in [7, 11) is 3.39. The molecule has 0 N–H and O–H groups in total. The lowest BCUT2D eigenvalue weighted by Crippen LogP contribution is -2.34. The maximum absolute atomic E-state index is 12.7. The molecule has 0 saturated carbocycles. The second-order valence-electron chi connectivity index (χ2n) is 6.54. The fourth-order valence-corrected chi connectivity index (χ4v) is 3.24. The van der Waals surface area contributed by atoms with E-state index in [0.29, 0.717) is 29.1 Å². The van der Waals surface area contributed by atoms with Gasteiger partial charge in [-0.25, -0.2) is 0 Å². The Bertz CT molecular complexity index is 756. The number of methoxy groups -OCH3 is 1. The second-order valence-corrected chi connectivity index (χ2v) is 6.54. The number of nitrogens with zero attached hydrogens (tertiary/aromatic N) is 2. The standard InChI is InChI=1S/C20H24N2O3/c1-21-13-16(19(23)14-22-10-4-3-5-11-22)12-18(21)20(24)15-6-8-17(25-2)9-7-15/h6-9,12-13H,3-5,10-11,14H2,1-2H3. The molecule has 1 aliphatic heterocycles. The number of piperidine rings is 1. The molecule has 5 heteroatoms. The van der Waals surface area contributed by atoms with Gasteiger partial charge in [0.1, 0.15) is 5.75 Å². The summed E-state index contributed by atoms with van der Waals surface area (Å²) >= 11 is 0. The number of ether oxygens (including phenoxy) is 1. The van der Waals surface area contributed by atoms with Gasteiger partial charge in [0.25, 0.3) is 0 Å². The third-order valence-electron chi connectivity index (χ3n) is 4.73. The number of aromatic nitrogens is 1. The zero-order chi connectivity index (χ0) is 17.8. The number of hydrogen-bond donors (Lipinski definition) is 0. The van der Waals surface area contributed by atoms with E-state index in [4.69, 9.17) is 4.74 Å². The quantitative estimate of drug-likeness (QED) is 0.759. The minimum Gasteiger partial charge on any atom is -0.497 e. The number of benzene rings is 1. The molecule has 2 aromatic rings. The number of hydrogen-bond acceptors (Lipinski definition) is 4. The molecular weight excluding hydrogens is 316 g/mol. The summed E-state index contributed by atoms with van der Waals surface area (Å²) in [5.74, 6) is 0.689.